The van der Waals surface area contributed by atoms with Crippen molar-refractivity contribution in [3.8, 4) is 17.0 Å². The van der Waals surface area contributed by atoms with E-state index in [0.717, 1.165) is 23.4 Å². The van der Waals surface area contributed by atoms with Gasteiger partial charge in [0.15, 0.2) is 5.16 Å². The Morgan fingerprint density at radius 1 is 1.06 bits per heavy atom. The van der Waals surface area contributed by atoms with E-state index in [-0.39, 0.29) is 28.9 Å². The molecular weight excluding hydrogens is 439 g/mol. The number of rotatable bonds is 8. The summed E-state index contributed by atoms with van der Waals surface area (Å²) in [6, 6.07) is 17.0. The molecule has 3 rings (SSSR count). The Morgan fingerprint density at radius 2 is 1.75 bits per heavy atom. The van der Waals surface area contributed by atoms with Crippen LogP contribution in [0.3, 0.4) is 0 Å². The molecule has 0 aliphatic heterocycles. The molecule has 2 aromatic carbocycles. The minimum absolute atomic E-state index is 0.0239. The maximum absolute atomic E-state index is 13.4. The van der Waals surface area contributed by atoms with Crippen LogP contribution < -0.4 is 4.74 Å². The molecule has 1 amide bonds. The number of carbonyl (C=O) groups is 1. The smallest absolute Gasteiger partial charge is 0.433 e. The molecule has 1 heterocycles. The monoisotopic (exact) mass is 461 g/mol. The van der Waals surface area contributed by atoms with Crippen molar-refractivity contribution in [3.63, 3.8) is 0 Å². The van der Waals surface area contributed by atoms with Crippen molar-refractivity contribution in [2.75, 3.05) is 19.9 Å². The number of methoxy groups -OCH3 is 1. The molecule has 0 radical (unpaired) electrons. The van der Waals surface area contributed by atoms with Crippen molar-refractivity contribution in [2.24, 2.45) is 0 Å². The zero-order valence-electron chi connectivity index (χ0n) is 17.6. The Kier molecular flexibility index (Phi) is 7.74. The molecule has 0 saturated carbocycles. The van der Waals surface area contributed by atoms with Crippen LogP contribution in [0, 0.1) is 0 Å². The van der Waals surface area contributed by atoms with Gasteiger partial charge in [0.05, 0.1) is 12.8 Å². The van der Waals surface area contributed by atoms with E-state index in [1.54, 1.807) is 36.2 Å². The van der Waals surface area contributed by atoms with Crippen molar-refractivity contribution in [3.05, 3.63) is 71.9 Å². The number of hydrogen-bond acceptors (Lipinski definition) is 5. The second-order valence-corrected chi connectivity index (χ2v) is 8.04. The average molecular weight is 462 g/mol. The number of carbonyl (C=O) groups excluding carboxylic acids is 1. The van der Waals surface area contributed by atoms with Crippen molar-refractivity contribution in [1.29, 1.82) is 0 Å². The van der Waals surface area contributed by atoms with Gasteiger partial charge in [-0.3, -0.25) is 4.79 Å². The lowest BCUT2D eigenvalue weighted by atomic mass is 10.1. The summed E-state index contributed by atoms with van der Waals surface area (Å²) >= 11 is 1.02. The van der Waals surface area contributed by atoms with E-state index in [0.29, 0.717) is 17.9 Å². The summed E-state index contributed by atoms with van der Waals surface area (Å²) in [7, 11) is 3.21. The number of halogens is 3. The van der Waals surface area contributed by atoms with E-state index in [1.165, 1.54) is 7.11 Å². The van der Waals surface area contributed by atoms with E-state index >= 15 is 0 Å². The molecule has 32 heavy (non-hydrogen) atoms. The van der Waals surface area contributed by atoms with Crippen molar-refractivity contribution < 1.29 is 22.7 Å². The fraction of sp³-hybridized carbons (Fsp3) is 0.261. The number of thioether (sulfide) groups is 1. The Bertz CT molecular complexity index is 1040. The van der Waals surface area contributed by atoms with E-state index in [4.69, 9.17) is 4.74 Å². The van der Waals surface area contributed by atoms with Crippen LogP contribution in [0.2, 0.25) is 0 Å². The molecule has 1 aromatic heterocycles. The highest BCUT2D eigenvalue weighted by molar-refractivity contribution is 7.99. The van der Waals surface area contributed by atoms with Crippen LogP contribution in [0.1, 0.15) is 17.7 Å². The predicted octanol–water partition coefficient (Wildman–Crippen LogP) is 5.31. The van der Waals surface area contributed by atoms with Crippen molar-refractivity contribution in [2.45, 2.75) is 24.3 Å². The lowest BCUT2D eigenvalue weighted by Gasteiger charge is -2.17. The number of hydrogen-bond donors (Lipinski definition) is 0. The molecule has 3 aromatic rings. The molecule has 0 unspecified atom stereocenters. The summed E-state index contributed by atoms with van der Waals surface area (Å²) in [4.78, 5) is 21.9. The topological polar surface area (TPSA) is 55.3 Å². The van der Waals surface area contributed by atoms with Crippen LogP contribution >= 0.6 is 11.8 Å². The van der Waals surface area contributed by atoms with Crippen LogP contribution in [0.5, 0.6) is 5.75 Å². The van der Waals surface area contributed by atoms with E-state index in [2.05, 4.69) is 9.97 Å². The summed E-state index contributed by atoms with van der Waals surface area (Å²) in [6.45, 7) is 0.464. The molecule has 168 valence electrons. The van der Waals surface area contributed by atoms with Gasteiger partial charge in [0.25, 0.3) is 0 Å². The van der Waals surface area contributed by atoms with Crippen molar-refractivity contribution in [1.82, 2.24) is 14.9 Å². The lowest BCUT2D eigenvalue weighted by molar-refractivity contribution is -0.141. The highest BCUT2D eigenvalue weighted by atomic mass is 32.2. The molecule has 0 atom stereocenters. The Labute approximate surface area is 188 Å². The maximum Gasteiger partial charge on any atom is 0.433 e. The first-order valence-corrected chi connectivity index (χ1v) is 10.8. The third-order valence-electron chi connectivity index (χ3n) is 4.62. The van der Waals surface area contributed by atoms with E-state index < -0.39 is 11.9 Å². The van der Waals surface area contributed by atoms with Crippen LogP contribution in [-0.4, -0.2) is 40.7 Å². The van der Waals surface area contributed by atoms with Gasteiger partial charge < -0.3 is 9.64 Å². The van der Waals surface area contributed by atoms with Gasteiger partial charge in [-0.15, -0.1) is 0 Å². The van der Waals surface area contributed by atoms with Gasteiger partial charge in [-0.25, -0.2) is 9.97 Å². The van der Waals surface area contributed by atoms with Crippen LogP contribution in [-0.2, 0) is 17.5 Å². The zero-order valence-corrected chi connectivity index (χ0v) is 18.4. The van der Waals surface area contributed by atoms with Crippen LogP contribution in [0.25, 0.3) is 11.3 Å². The summed E-state index contributed by atoms with van der Waals surface area (Å²) in [5.41, 5.74) is 0.652. The second kappa shape index (κ2) is 10.5. The van der Waals surface area contributed by atoms with Gasteiger partial charge in [-0.1, -0.05) is 42.1 Å². The van der Waals surface area contributed by atoms with Gasteiger partial charge in [-0.05, 0) is 35.9 Å². The number of amides is 1. The first-order valence-electron chi connectivity index (χ1n) is 9.77. The number of alkyl halides is 3. The van der Waals surface area contributed by atoms with Crippen molar-refractivity contribution >= 4 is 17.7 Å². The molecule has 0 aliphatic carbocycles. The Morgan fingerprint density at radius 3 is 2.38 bits per heavy atom. The maximum atomic E-state index is 13.4. The number of aromatic nitrogens is 2. The molecular formula is C23H22F3N3O2S. The fourth-order valence-corrected chi connectivity index (χ4v) is 3.70. The van der Waals surface area contributed by atoms with Gasteiger partial charge in [0.1, 0.15) is 11.4 Å². The number of nitrogens with zero attached hydrogens (tertiary/aromatic N) is 3. The average Bonchev–Trinajstić information content (AvgIpc) is 2.79. The van der Waals surface area contributed by atoms with Gasteiger partial charge in [0.2, 0.25) is 5.91 Å². The molecule has 0 spiro atoms. The van der Waals surface area contributed by atoms with Crippen LogP contribution in [0.15, 0.2) is 65.8 Å². The SMILES string of the molecule is COc1ccc(-c2cc(C(F)(F)F)nc(SCCC(=O)N(C)Cc3ccccc3)n2)cc1. The molecule has 0 aliphatic rings. The molecule has 0 N–H and O–H groups in total. The highest BCUT2D eigenvalue weighted by Crippen LogP contribution is 2.32. The minimum Gasteiger partial charge on any atom is -0.497 e. The zero-order chi connectivity index (χ0) is 23.1. The number of ether oxygens (including phenoxy) is 1. The van der Waals surface area contributed by atoms with Gasteiger partial charge in [0, 0.05) is 31.3 Å². The normalized spacial score (nSPS) is 11.3. The van der Waals surface area contributed by atoms with Gasteiger partial charge >= 0.3 is 6.18 Å². The second-order valence-electron chi connectivity index (χ2n) is 6.98. The summed E-state index contributed by atoms with van der Waals surface area (Å²) in [5.74, 6) is 0.747. The standard InChI is InChI=1S/C23H22F3N3O2S/c1-29(15-16-6-4-3-5-7-16)21(30)12-13-32-22-27-19(14-20(28-22)23(24,25)26)17-8-10-18(31-2)11-9-17/h3-11,14H,12-13,15H2,1-2H3. The molecule has 9 heteroatoms. The largest absolute Gasteiger partial charge is 0.497 e. The van der Waals surface area contributed by atoms with Crippen LogP contribution in [0.4, 0.5) is 13.2 Å². The van der Waals surface area contributed by atoms with E-state index in [1.807, 2.05) is 30.3 Å². The molecule has 0 saturated heterocycles. The first-order chi connectivity index (χ1) is 15.3. The fourth-order valence-electron chi connectivity index (χ4n) is 2.91. The quantitative estimate of drug-likeness (QED) is 0.336. The summed E-state index contributed by atoms with van der Waals surface area (Å²) in [5, 5.41) is -0.0239. The first kappa shape index (κ1) is 23.6. The summed E-state index contributed by atoms with van der Waals surface area (Å²) in [6.07, 6.45) is -4.45. The highest BCUT2D eigenvalue weighted by Gasteiger charge is 2.34. The summed E-state index contributed by atoms with van der Waals surface area (Å²) < 4.78 is 45.2. The Balaban J connectivity index is 1.69. The lowest BCUT2D eigenvalue weighted by Crippen LogP contribution is -2.26. The minimum atomic E-state index is -4.61. The third-order valence-corrected chi connectivity index (χ3v) is 5.47. The van der Waals surface area contributed by atoms with E-state index in [9.17, 15) is 18.0 Å². The molecule has 5 nitrogen and oxygen atoms in total. The third kappa shape index (κ3) is 6.46. The molecule has 0 fully saturated rings. The Hall–Kier alpha value is -3.07. The molecule has 0 bridgehead atoms. The number of benzene rings is 2. The predicted molar refractivity (Wildman–Crippen MR) is 117 cm³/mol. The van der Waals surface area contributed by atoms with Gasteiger partial charge in [-0.2, -0.15) is 13.2 Å².